The van der Waals surface area contributed by atoms with E-state index in [2.05, 4.69) is 77.6 Å². The van der Waals surface area contributed by atoms with Crippen LogP contribution in [0.3, 0.4) is 0 Å². The van der Waals surface area contributed by atoms with Crippen LogP contribution in [0.25, 0.3) is 0 Å². The molecule has 0 aromatic heterocycles. The highest BCUT2D eigenvalue weighted by Crippen LogP contribution is 2.21. The van der Waals surface area contributed by atoms with Crippen molar-refractivity contribution in [1.29, 1.82) is 0 Å². The molecule has 0 amide bonds. The van der Waals surface area contributed by atoms with Crippen molar-refractivity contribution in [2.45, 2.75) is 66.5 Å². The van der Waals surface area contributed by atoms with Crippen molar-refractivity contribution in [1.82, 2.24) is 36.8 Å². The maximum atomic E-state index is 10.3. The van der Waals surface area contributed by atoms with Gasteiger partial charge in [0, 0.05) is 26.1 Å². The number of nitrogens with one attached hydrogen (secondary N) is 6. The SMILES string of the molecule is CCC[C@@H](CN(C)CNC[C@H](C)CCNCNC)[C@@H](C)/C=C(C)\C=C\NC(O)NC1=C(C)C=CNC1O. The van der Waals surface area contributed by atoms with Crippen molar-refractivity contribution in [2.75, 3.05) is 47.1 Å². The number of hydrogen-bond donors (Lipinski definition) is 8. The van der Waals surface area contributed by atoms with Gasteiger partial charge in [0.2, 0.25) is 6.35 Å². The second-order valence-electron chi connectivity index (χ2n) is 10.4. The van der Waals surface area contributed by atoms with Gasteiger partial charge in [0.1, 0.15) is 0 Å². The molecule has 1 aliphatic rings. The van der Waals surface area contributed by atoms with Gasteiger partial charge in [0.05, 0.1) is 5.70 Å². The van der Waals surface area contributed by atoms with Crippen LogP contribution in [0.2, 0.25) is 0 Å². The predicted octanol–water partition coefficient (Wildman–Crippen LogP) is 1.93. The Morgan fingerprint density at radius 3 is 2.68 bits per heavy atom. The minimum Gasteiger partial charge on any atom is -0.368 e. The van der Waals surface area contributed by atoms with Crippen LogP contribution in [0.15, 0.2) is 47.5 Å². The van der Waals surface area contributed by atoms with Crippen molar-refractivity contribution in [3.63, 3.8) is 0 Å². The van der Waals surface area contributed by atoms with E-state index in [1.54, 1.807) is 12.4 Å². The Labute approximate surface area is 225 Å². The van der Waals surface area contributed by atoms with E-state index in [0.717, 1.165) is 44.1 Å². The zero-order valence-corrected chi connectivity index (χ0v) is 24.3. The average molecular weight is 522 g/mol. The lowest BCUT2D eigenvalue weighted by molar-refractivity contribution is 0.104. The van der Waals surface area contributed by atoms with Gasteiger partial charge in [-0.2, -0.15) is 0 Å². The Morgan fingerprint density at radius 2 is 2.00 bits per heavy atom. The number of dihydropyridines is 1. The second-order valence-corrected chi connectivity index (χ2v) is 10.4. The maximum absolute atomic E-state index is 10.3. The number of nitrogens with zero attached hydrogens (tertiary/aromatic N) is 1. The fourth-order valence-electron chi connectivity index (χ4n) is 4.43. The lowest BCUT2D eigenvalue weighted by Crippen LogP contribution is -2.45. The molecule has 37 heavy (non-hydrogen) atoms. The van der Waals surface area contributed by atoms with Crippen LogP contribution in [0.4, 0.5) is 0 Å². The molecule has 0 bridgehead atoms. The van der Waals surface area contributed by atoms with Crippen molar-refractivity contribution in [3.8, 4) is 0 Å². The van der Waals surface area contributed by atoms with E-state index < -0.39 is 12.6 Å². The first-order valence-electron chi connectivity index (χ1n) is 13.8. The Morgan fingerprint density at radius 1 is 1.24 bits per heavy atom. The Kier molecular flexibility index (Phi) is 17.2. The summed E-state index contributed by atoms with van der Waals surface area (Å²) in [6.07, 6.45) is 11.2. The summed E-state index contributed by atoms with van der Waals surface area (Å²) in [5.74, 6) is 1.66. The number of aliphatic hydroxyl groups is 2. The van der Waals surface area contributed by atoms with Crippen LogP contribution in [-0.2, 0) is 0 Å². The minimum atomic E-state index is -1.00. The Hall–Kier alpha value is -1.88. The van der Waals surface area contributed by atoms with Crippen LogP contribution >= 0.6 is 0 Å². The molecule has 0 fully saturated rings. The molecule has 0 saturated heterocycles. The summed E-state index contributed by atoms with van der Waals surface area (Å²) < 4.78 is 0. The molecule has 1 rings (SSSR count). The molecular formula is C28H55N7O2. The van der Waals surface area contributed by atoms with E-state index in [4.69, 9.17) is 0 Å². The summed E-state index contributed by atoms with van der Waals surface area (Å²) in [6.45, 7) is 15.7. The first kappa shape index (κ1) is 33.1. The third kappa shape index (κ3) is 14.6. The van der Waals surface area contributed by atoms with Gasteiger partial charge < -0.3 is 42.1 Å². The molecule has 1 aliphatic heterocycles. The lowest BCUT2D eigenvalue weighted by Gasteiger charge is -2.28. The van der Waals surface area contributed by atoms with Gasteiger partial charge in [-0.15, -0.1) is 0 Å². The largest absolute Gasteiger partial charge is 0.368 e. The molecule has 9 nitrogen and oxygen atoms in total. The number of allylic oxidation sites excluding steroid dienone is 5. The average Bonchev–Trinajstić information content (AvgIpc) is 2.84. The van der Waals surface area contributed by atoms with Crippen molar-refractivity contribution in [3.05, 3.63) is 47.5 Å². The fraction of sp³-hybridized carbons (Fsp3) is 0.714. The smallest absolute Gasteiger partial charge is 0.202 e. The van der Waals surface area contributed by atoms with Crippen molar-refractivity contribution in [2.24, 2.45) is 17.8 Å². The van der Waals surface area contributed by atoms with E-state index in [1.807, 2.05) is 26.1 Å². The van der Waals surface area contributed by atoms with Crippen LogP contribution in [-0.4, -0.2) is 74.8 Å². The highest BCUT2D eigenvalue weighted by atomic mass is 16.3. The summed E-state index contributed by atoms with van der Waals surface area (Å²) in [5.41, 5.74) is 2.57. The molecule has 214 valence electrons. The van der Waals surface area contributed by atoms with E-state index in [9.17, 15) is 10.2 Å². The van der Waals surface area contributed by atoms with E-state index in [-0.39, 0.29) is 0 Å². The van der Waals surface area contributed by atoms with Gasteiger partial charge in [0.25, 0.3) is 0 Å². The molecule has 0 aliphatic carbocycles. The topological polar surface area (TPSA) is 116 Å². The monoisotopic (exact) mass is 521 g/mol. The summed E-state index contributed by atoms with van der Waals surface area (Å²) in [4.78, 5) is 2.39. The van der Waals surface area contributed by atoms with Crippen molar-refractivity contribution >= 4 is 0 Å². The molecule has 8 N–H and O–H groups in total. The molecule has 0 radical (unpaired) electrons. The van der Waals surface area contributed by atoms with Crippen LogP contribution in [0.5, 0.6) is 0 Å². The van der Waals surface area contributed by atoms with Gasteiger partial charge in [-0.05, 0) is 95.6 Å². The fourth-order valence-corrected chi connectivity index (χ4v) is 4.43. The molecule has 9 heteroatoms. The first-order valence-corrected chi connectivity index (χ1v) is 13.8. The van der Waals surface area contributed by atoms with Crippen LogP contribution in [0.1, 0.15) is 53.9 Å². The summed E-state index contributed by atoms with van der Waals surface area (Å²) in [7, 11) is 4.15. The molecule has 0 saturated carbocycles. The lowest BCUT2D eigenvalue weighted by atomic mass is 9.88. The normalized spacial score (nSPS) is 19.7. The summed E-state index contributed by atoms with van der Waals surface area (Å²) >= 11 is 0. The maximum Gasteiger partial charge on any atom is 0.202 e. The van der Waals surface area contributed by atoms with Gasteiger partial charge in [-0.25, -0.2) is 0 Å². The van der Waals surface area contributed by atoms with Crippen LogP contribution < -0.4 is 31.9 Å². The zero-order chi connectivity index (χ0) is 27.6. The van der Waals surface area contributed by atoms with Crippen LogP contribution in [0, 0.1) is 17.8 Å². The van der Waals surface area contributed by atoms with Gasteiger partial charge >= 0.3 is 0 Å². The van der Waals surface area contributed by atoms with Gasteiger partial charge in [0.15, 0.2) is 6.23 Å². The summed E-state index contributed by atoms with van der Waals surface area (Å²) in [6, 6.07) is 0. The highest BCUT2D eigenvalue weighted by Gasteiger charge is 2.18. The van der Waals surface area contributed by atoms with E-state index in [1.165, 1.54) is 19.3 Å². The summed E-state index contributed by atoms with van der Waals surface area (Å²) in [5, 5.41) is 39.0. The highest BCUT2D eigenvalue weighted by molar-refractivity contribution is 5.28. The van der Waals surface area contributed by atoms with Crippen molar-refractivity contribution < 1.29 is 10.2 Å². The number of rotatable bonds is 20. The number of hydrogen-bond acceptors (Lipinski definition) is 9. The Balaban J connectivity index is 2.47. The minimum absolute atomic E-state index is 0.440. The van der Waals surface area contributed by atoms with E-state index in [0.29, 0.717) is 23.5 Å². The molecule has 0 aromatic carbocycles. The molecule has 2 unspecified atom stereocenters. The molecule has 0 spiro atoms. The second kappa shape index (κ2) is 19.2. The standard InChI is InChI=1S/C28H55N7O2/c1-8-9-25(18-35(7)20-31-17-22(3)10-13-30-19-29-6)24(5)16-21(2)11-14-33-28(37)34-26-23(4)12-15-32-27(26)36/h11-12,14-16,22,24-25,27-34,36-37H,8-10,13,17-20H2,1-7H3/b14-11+,21-16-/t22-,24+,25+,27?,28?/m1/s1. The van der Waals surface area contributed by atoms with Gasteiger partial charge in [-0.3, -0.25) is 4.90 Å². The molecule has 1 heterocycles. The predicted molar refractivity (Wildman–Crippen MR) is 155 cm³/mol. The third-order valence-corrected chi connectivity index (χ3v) is 6.64. The molecular weight excluding hydrogens is 466 g/mol. The zero-order valence-electron chi connectivity index (χ0n) is 24.3. The quantitative estimate of drug-likeness (QED) is 0.0691. The molecule has 0 aromatic rings. The Bertz CT molecular complexity index is 738. The van der Waals surface area contributed by atoms with E-state index >= 15 is 0 Å². The van der Waals surface area contributed by atoms with Gasteiger partial charge in [-0.1, -0.05) is 38.8 Å². The number of aliphatic hydroxyl groups excluding tert-OH is 2. The first-order chi connectivity index (χ1) is 17.7. The third-order valence-electron chi connectivity index (χ3n) is 6.64. The molecule has 5 atom stereocenters.